The van der Waals surface area contributed by atoms with Crippen LogP contribution in [0.3, 0.4) is 0 Å². The summed E-state index contributed by atoms with van der Waals surface area (Å²) in [7, 11) is 0. The molecule has 0 bridgehead atoms. The van der Waals surface area contributed by atoms with Gasteiger partial charge < -0.3 is 14.2 Å². The van der Waals surface area contributed by atoms with E-state index in [0.29, 0.717) is 11.0 Å². The molecule has 16 heteroatoms. The summed E-state index contributed by atoms with van der Waals surface area (Å²) in [5.41, 5.74) is -4.10. The van der Waals surface area contributed by atoms with Crippen molar-refractivity contribution in [3.05, 3.63) is 68.3 Å². The van der Waals surface area contributed by atoms with E-state index in [-0.39, 0.29) is 11.4 Å². The number of hydrogen-bond donors (Lipinski definition) is 1. The lowest BCUT2D eigenvalue weighted by molar-refractivity contribution is -0.387. The van der Waals surface area contributed by atoms with Crippen LogP contribution >= 0.6 is 0 Å². The van der Waals surface area contributed by atoms with E-state index >= 15 is 0 Å². The molecule has 0 fully saturated rings. The second kappa shape index (κ2) is 13.8. The monoisotopic (exact) mass is 612 g/mol. The molecule has 0 aromatic heterocycles. The summed E-state index contributed by atoms with van der Waals surface area (Å²) in [6.07, 6.45) is -2.93. The second-order valence-corrected chi connectivity index (χ2v) is 11.7. The van der Waals surface area contributed by atoms with Crippen molar-refractivity contribution in [3.8, 4) is 0 Å². The molecule has 0 aliphatic rings. The summed E-state index contributed by atoms with van der Waals surface area (Å²) in [5.74, 6) is -2.21. The Morgan fingerprint density at radius 3 is 1.44 bits per heavy atom. The van der Waals surface area contributed by atoms with Gasteiger partial charge >= 0.3 is 29.7 Å². The minimum absolute atomic E-state index is 0.0901. The maximum absolute atomic E-state index is 13.9. The van der Waals surface area contributed by atoms with Gasteiger partial charge in [0.25, 0.3) is 0 Å². The summed E-state index contributed by atoms with van der Waals surface area (Å²) >= 11 is 0. The zero-order chi connectivity index (χ0) is 33.5. The smallest absolute Gasteiger partial charge is 0.424 e. The molecule has 43 heavy (non-hydrogen) atoms. The Morgan fingerprint density at radius 2 is 1.09 bits per heavy atom. The summed E-state index contributed by atoms with van der Waals surface area (Å²) < 4.78 is 42.4. The molecule has 14 nitrogen and oxygen atoms in total. The Balaban J connectivity index is 0.000000453. The van der Waals surface area contributed by atoms with Gasteiger partial charge in [0, 0.05) is 30.0 Å². The van der Waals surface area contributed by atoms with Crippen molar-refractivity contribution < 1.29 is 47.2 Å². The number of amides is 3. The number of imide groups is 1. The van der Waals surface area contributed by atoms with Gasteiger partial charge in [0.05, 0.1) is 15.5 Å². The fourth-order valence-electron chi connectivity index (χ4n) is 2.84. The molecule has 2 aromatic carbocycles. The molecular formula is C27H34F2N4O10. The van der Waals surface area contributed by atoms with Gasteiger partial charge in [-0.1, -0.05) is 0 Å². The third kappa shape index (κ3) is 12.7. The maximum atomic E-state index is 13.9. The highest BCUT2D eigenvalue weighted by molar-refractivity contribution is 6.09. The van der Waals surface area contributed by atoms with E-state index in [2.05, 4.69) is 5.32 Å². The maximum Gasteiger partial charge on any atom is 0.424 e. The van der Waals surface area contributed by atoms with Crippen LogP contribution in [-0.2, 0) is 14.2 Å². The van der Waals surface area contributed by atoms with Crippen molar-refractivity contribution in [2.45, 2.75) is 79.1 Å². The molecule has 0 aliphatic heterocycles. The molecule has 2 rings (SSSR count). The van der Waals surface area contributed by atoms with Gasteiger partial charge in [0.1, 0.15) is 16.8 Å². The number of nitrogens with zero attached hydrogens (tertiary/aromatic N) is 3. The lowest BCUT2D eigenvalue weighted by atomic mass is 10.2. The van der Waals surface area contributed by atoms with Crippen LogP contribution in [0, 0.1) is 31.9 Å². The molecule has 0 atom stereocenters. The second-order valence-electron chi connectivity index (χ2n) is 11.7. The number of carbonyl (C=O) groups is 3. The molecule has 0 aliphatic carbocycles. The number of ether oxygens (including phenoxy) is 3. The van der Waals surface area contributed by atoms with E-state index < -0.39 is 67.9 Å². The first-order chi connectivity index (χ1) is 19.4. The van der Waals surface area contributed by atoms with Gasteiger partial charge in [-0.3, -0.25) is 25.5 Å². The Hall–Kier alpha value is -4.89. The lowest BCUT2D eigenvalue weighted by Gasteiger charge is -2.28. The highest BCUT2D eigenvalue weighted by Gasteiger charge is 2.33. The van der Waals surface area contributed by atoms with E-state index in [0.717, 1.165) is 24.3 Å². The normalized spacial score (nSPS) is 11.3. The van der Waals surface area contributed by atoms with Crippen LogP contribution in [0.15, 0.2) is 36.4 Å². The van der Waals surface area contributed by atoms with Crippen LogP contribution < -0.4 is 10.2 Å². The SMILES string of the molecule is CC(C)(C)OC(=O)N(C(=O)OC(C)(C)C)c1ccc([N+](=O)[O-])c(F)c1.CC(C)(C)OC(=O)Nc1ccc([N+](=O)[O-])c(F)c1. The molecular weight excluding hydrogens is 578 g/mol. The largest absolute Gasteiger partial charge is 0.444 e. The molecule has 0 saturated carbocycles. The molecule has 0 radical (unpaired) electrons. The minimum atomic E-state index is -1.19. The average molecular weight is 613 g/mol. The van der Waals surface area contributed by atoms with Crippen molar-refractivity contribution in [2.24, 2.45) is 0 Å². The fourth-order valence-corrected chi connectivity index (χ4v) is 2.84. The van der Waals surface area contributed by atoms with Crippen LogP contribution in [0.2, 0.25) is 0 Å². The van der Waals surface area contributed by atoms with Gasteiger partial charge in [-0.15, -0.1) is 0 Å². The first-order valence-electron chi connectivity index (χ1n) is 12.5. The Labute approximate surface area is 246 Å². The predicted molar refractivity (Wildman–Crippen MR) is 151 cm³/mol. The number of nitro benzene ring substituents is 2. The molecule has 0 unspecified atom stereocenters. The predicted octanol–water partition coefficient (Wildman–Crippen LogP) is 7.49. The van der Waals surface area contributed by atoms with E-state index in [4.69, 9.17) is 14.2 Å². The van der Waals surface area contributed by atoms with Gasteiger partial charge in [0.2, 0.25) is 11.6 Å². The standard InChI is InChI=1S/C16H21FN2O6.C11H13FN2O4/c1-15(2,3)24-13(20)18(14(21)25-16(4,5)6)10-7-8-12(19(22)23)11(17)9-10;1-11(2,3)18-10(15)13-7-4-5-9(14(16)17)8(12)6-7/h7-9H,1-6H3;4-6H,1-3H3,(H,13,15). The zero-order valence-corrected chi connectivity index (χ0v) is 25.1. The summed E-state index contributed by atoms with van der Waals surface area (Å²) in [6, 6.07) is 5.68. The number of benzene rings is 2. The molecule has 1 N–H and O–H groups in total. The van der Waals surface area contributed by atoms with Crippen molar-refractivity contribution in [3.63, 3.8) is 0 Å². The van der Waals surface area contributed by atoms with Crippen molar-refractivity contribution in [2.75, 3.05) is 10.2 Å². The number of hydrogen-bond acceptors (Lipinski definition) is 10. The lowest BCUT2D eigenvalue weighted by Crippen LogP contribution is -2.43. The fraction of sp³-hybridized carbons (Fsp3) is 0.444. The third-order valence-electron chi connectivity index (χ3n) is 4.33. The Bertz CT molecular complexity index is 1350. The first-order valence-corrected chi connectivity index (χ1v) is 12.5. The van der Waals surface area contributed by atoms with Crippen LogP contribution in [0.25, 0.3) is 0 Å². The average Bonchev–Trinajstić information content (AvgIpc) is 2.75. The summed E-state index contributed by atoms with van der Waals surface area (Å²) in [5, 5.41) is 23.4. The van der Waals surface area contributed by atoms with Crippen molar-refractivity contribution in [1.29, 1.82) is 0 Å². The van der Waals surface area contributed by atoms with E-state index in [1.807, 2.05) is 0 Å². The van der Waals surface area contributed by atoms with Crippen LogP contribution in [-0.4, -0.2) is 44.9 Å². The quantitative estimate of drug-likeness (QED) is 0.206. The number of nitrogens with one attached hydrogen (secondary N) is 1. The molecule has 0 spiro atoms. The first kappa shape index (κ1) is 36.1. The van der Waals surface area contributed by atoms with Crippen LogP contribution in [0.5, 0.6) is 0 Å². The number of rotatable bonds is 4. The van der Waals surface area contributed by atoms with Gasteiger partial charge in [-0.25, -0.2) is 14.4 Å². The Kier molecular flexibility index (Phi) is 11.6. The highest BCUT2D eigenvalue weighted by atomic mass is 19.1. The number of halogens is 2. The van der Waals surface area contributed by atoms with Gasteiger partial charge in [-0.05, 0) is 74.4 Å². The number of nitro groups is 2. The molecule has 0 heterocycles. The summed E-state index contributed by atoms with van der Waals surface area (Å²) in [4.78, 5) is 55.9. The molecule has 0 saturated heterocycles. The molecule has 2 aromatic rings. The summed E-state index contributed by atoms with van der Waals surface area (Å²) in [6.45, 7) is 14.6. The third-order valence-corrected chi connectivity index (χ3v) is 4.33. The molecule has 3 amide bonds. The highest BCUT2D eigenvalue weighted by Crippen LogP contribution is 2.27. The Morgan fingerprint density at radius 1 is 0.698 bits per heavy atom. The van der Waals surface area contributed by atoms with E-state index in [9.17, 15) is 43.4 Å². The number of carbonyl (C=O) groups excluding carboxylic acids is 3. The van der Waals surface area contributed by atoms with Crippen LogP contribution in [0.1, 0.15) is 62.3 Å². The van der Waals surface area contributed by atoms with Gasteiger partial charge in [0.15, 0.2) is 0 Å². The zero-order valence-electron chi connectivity index (χ0n) is 25.1. The van der Waals surface area contributed by atoms with Gasteiger partial charge in [-0.2, -0.15) is 13.7 Å². The topological polar surface area (TPSA) is 180 Å². The van der Waals surface area contributed by atoms with Crippen molar-refractivity contribution in [1.82, 2.24) is 0 Å². The van der Waals surface area contributed by atoms with Crippen molar-refractivity contribution >= 4 is 41.0 Å². The number of anilines is 2. The van der Waals surface area contributed by atoms with E-state index in [1.54, 1.807) is 62.3 Å². The van der Waals surface area contributed by atoms with E-state index in [1.165, 1.54) is 6.07 Å². The van der Waals surface area contributed by atoms with Crippen LogP contribution in [0.4, 0.5) is 45.9 Å². The minimum Gasteiger partial charge on any atom is -0.444 e. The molecule has 236 valence electrons.